The maximum atomic E-state index is 14.1. The fourth-order valence-electron chi connectivity index (χ4n) is 3.06. The maximum Gasteiger partial charge on any atom is 0.322 e. The molecule has 2 N–H and O–H groups in total. The molecule has 0 radical (unpaired) electrons. The summed E-state index contributed by atoms with van der Waals surface area (Å²) in [5, 5.41) is 12.2. The van der Waals surface area contributed by atoms with Crippen LogP contribution in [0.25, 0.3) is 10.6 Å². The summed E-state index contributed by atoms with van der Waals surface area (Å²) in [5.74, 6) is -0.589. The molecule has 4 rings (SSSR count). The van der Waals surface area contributed by atoms with Gasteiger partial charge in [0.05, 0.1) is 17.1 Å². The van der Waals surface area contributed by atoms with E-state index in [2.05, 4.69) is 36.4 Å². The lowest BCUT2D eigenvalue weighted by atomic mass is 9.99. The van der Waals surface area contributed by atoms with Gasteiger partial charge in [-0.25, -0.2) is 14.2 Å². The number of nitrogens with one attached hydrogen (secondary N) is 2. The number of H-pyrrole nitrogens is 1. The molecule has 3 aromatic heterocycles. The van der Waals surface area contributed by atoms with Crippen molar-refractivity contribution in [3.63, 3.8) is 0 Å². The molecule has 0 fully saturated rings. The van der Waals surface area contributed by atoms with E-state index < -0.39 is 5.82 Å². The average Bonchev–Trinajstić information content (AvgIpc) is 3.27. The summed E-state index contributed by atoms with van der Waals surface area (Å²) < 4.78 is 14.2. The quantitative estimate of drug-likeness (QED) is 0.585. The fraction of sp³-hybridized carbons (Fsp3) is 0.235. The van der Waals surface area contributed by atoms with E-state index in [4.69, 9.17) is 0 Å². The zero-order valence-corrected chi connectivity index (χ0v) is 16.2. The van der Waals surface area contributed by atoms with Crippen LogP contribution in [0.1, 0.15) is 18.2 Å². The first-order chi connectivity index (χ1) is 12.5. The van der Waals surface area contributed by atoms with Gasteiger partial charge in [-0.1, -0.05) is 6.07 Å². The second-order valence-corrected chi connectivity index (χ2v) is 7.78. The Hall–Kier alpha value is -2.26. The van der Waals surface area contributed by atoms with Crippen molar-refractivity contribution in [3.05, 3.63) is 51.5 Å². The van der Waals surface area contributed by atoms with Crippen LogP contribution in [0, 0.1) is 5.82 Å². The van der Waals surface area contributed by atoms with Crippen molar-refractivity contribution >= 4 is 39.0 Å². The molecule has 2 amide bonds. The number of amides is 2. The van der Waals surface area contributed by atoms with E-state index in [1.807, 2.05) is 24.4 Å². The highest BCUT2D eigenvalue weighted by molar-refractivity contribution is 9.10. The molecule has 0 aromatic carbocycles. The normalized spacial score (nSPS) is 16.4. The number of fused-ring (bicyclic) bond motifs is 1. The predicted octanol–water partition coefficient (Wildman–Crippen LogP) is 4.41. The zero-order valence-electron chi connectivity index (χ0n) is 13.8. The van der Waals surface area contributed by atoms with E-state index in [1.54, 1.807) is 16.2 Å². The molecule has 1 atom stereocenters. The highest BCUT2D eigenvalue weighted by atomic mass is 79.9. The number of hydrogen-bond donors (Lipinski definition) is 2. The molecule has 1 aliphatic heterocycles. The van der Waals surface area contributed by atoms with Crippen molar-refractivity contribution in [2.24, 2.45) is 0 Å². The SMILES string of the molecule is C[C@@H]1Cc2[nH]nc(-c3cccs3)c2CN1C(=O)Nc1ccnc(Br)c1F. The van der Waals surface area contributed by atoms with Crippen LogP contribution >= 0.6 is 27.3 Å². The highest BCUT2D eigenvalue weighted by Gasteiger charge is 2.31. The number of thiophene rings is 1. The standard InChI is InChI=1S/C17H15BrFN5OS/c1-9-7-12-10(15(23-22-12)13-3-2-6-26-13)8-24(9)17(25)21-11-4-5-20-16(18)14(11)19/h2-6,9H,7-8H2,1H3,(H,22,23)(H,20,21,25)/t9-/m1/s1. The predicted molar refractivity (Wildman–Crippen MR) is 102 cm³/mol. The van der Waals surface area contributed by atoms with Crippen LogP contribution in [0.2, 0.25) is 0 Å². The minimum atomic E-state index is -0.589. The van der Waals surface area contributed by atoms with Crippen molar-refractivity contribution in [2.45, 2.75) is 25.9 Å². The number of carbonyl (C=O) groups is 1. The van der Waals surface area contributed by atoms with Gasteiger partial charge in [-0.15, -0.1) is 11.3 Å². The summed E-state index contributed by atoms with van der Waals surface area (Å²) in [6, 6.07) is 5.03. The number of nitrogens with zero attached hydrogens (tertiary/aromatic N) is 3. The number of aromatic amines is 1. The average molecular weight is 436 g/mol. The van der Waals surface area contributed by atoms with Gasteiger partial charge in [-0.3, -0.25) is 5.10 Å². The Morgan fingerprint density at radius 2 is 2.35 bits per heavy atom. The summed E-state index contributed by atoms with van der Waals surface area (Å²) in [5.41, 5.74) is 3.03. The van der Waals surface area contributed by atoms with Crippen molar-refractivity contribution in [3.8, 4) is 10.6 Å². The molecular weight excluding hydrogens is 421 g/mol. The third-order valence-corrected chi connectivity index (χ3v) is 5.85. The lowest BCUT2D eigenvalue weighted by molar-refractivity contribution is 0.182. The van der Waals surface area contributed by atoms with Gasteiger partial charge in [-0.2, -0.15) is 5.10 Å². The minimum absolute atomic E-state index is 0.0347. The molecule has 26 heavy (non-hydrogen) atoms. The third-order valence-electron chi connectivity index (χ3n) is 4.42. The molecule has 9 heteroatoms. The van der Waals surface area contributed by atoms with Crippen LogP contribution < -0.4 is 5.32 Å². The second kappa shape index (κ2) is 6.81. The van der Waals surface area contributed by atoms with E-state index in [0.29, 0.717) is 13.0 Å². The number of pyridine rings is 1. The number of urea groups is 1. The smallest absolute Gasteiger partial charge is 0.317 e. The first-order valence-electron chi connectivity index (χ1n) is 8.02. The highest BCUT2D eigenvalue weighted by Crippen LogP contribution is 2.33. The minimum Gasteiger partial charge on any atom is -0.317 e. The van der Waals surface area contributed by atoms with Gasteiger partial charge in [0, 0.05) is 29.9 Å². The van der Waals surface area contributed by atoms with Gasteiger partial charge >= 0.3 is 6.03 Å². The Morgan fingerprint density at radius 3 is 3.12 bits per heavy atom. The van der Waals surface area contributed by atoms with E-state index in [9.17, 15) is 9.18 Å². The van der Waals surface area contributed by atoms with E-state index >= 15 is 0 Å². The molecule has 3 aromatic rings. The Bertz CT molecular complexity index is 958. The summed E-state index contributed by atoms with van der Waals surface area (Å²) in [7, 11) is 0. The number of halogens is 2. The Kier molecular flexibility index (Phi) is 4.49. The van der Waals surface area contributed by atoms with E-state index in [0.717, 1.165) is 21.8 Å². The maximum absolute atomic E-state index is 14.1. The summed E-state index contributed by atoms with van der Waals surface area (Å²) in [4.78, 5) is 19.3. The van der Waals surface area contributed by atoms with Crippen molar-refractivity contribution in [1.29, 1.82) is 0 Å². The summed E-state index contributed by atoms with van der Waals surface area (Å²) in [6.07, 6.45) is 2.11. The van der Waals surface area contributed by atoms with Crippen LogP contribution in [-0.4, -0.2) is 32.2 Å². The van der Waals surface area contributed by atoms with Crippen LogP contribution in [-0.2, 0) is 13.0 Å². The number of anilines is 1. The van der Waals surface area contributed by atoms with Gasteiger partial charge in [0.15, 0.2) is 5.82 Å². The molecule has 4 heterocycles. The topological polar surface area (TPSA) is 73.9 Å². The molecule has 1 aliphatic rings. The monoisotopic (exact) mass is 435 g/mol. The van der Waals surface area contributed by atoms with Crippen molar-refractivity contribution in [2.75, 3.05) is 5.32 Å². The lowest BCUT2D eigenvalue weighted by Crippen LogP contribution is -2.44. The Balaban J connectivity index is 1.59. The molecule has 0 bridgehead atoms. The molecule has 0 unspecified atom stereocenters. The molecule has 0 aliphatic carbocycles. The largest absolute Gasteiger partial charge is 0.322 e. The molecule has 134 valence electrons. The van der Waals surface area contributed by atoms with E-state index in [-0.39, 0.29) is 22.4 Å². The van der Waals surface area contributed by atoms with Gasteiger partial charge in [-0.05, 0) is 40.4 Å². The second-order valence-electron chi connectivity index (χ2n) is 6.08. The van der Waals surface area contributed by atoms with Crippen LogP contribution in [0.4, 0.5) is 14.9 Å². The van der Waals surface area contributed by atoms with Gasteiger partial charge in [0.1, 0.15) is 10.3 Å². The molecule has 0 spiro atoms. The number of aromatic nitrogens is 3. The number of carbonyl (C=O) groups excluding carboxylic acids is 1. The van der Waals surface area contributed by atoms with E-state index in [1.165, 1.54) is 12.3 Å². The van der Waals surface area contributed by atoms with Crippen LogP contribution in [0.5, 0.6) is 0 Å². The van der Waals surface area contributed by atoms with Gasteiger partial charge in [0.25, 0.3) is 0 Å². The first-order valence-corrected chi connectivity index (χ1v) is 9.69. The number of rotatable bonds is 2. The first kappa shape index (κ1) is 17.2. The molecule has 0 saturated carbocycles. The summed E-state index contributed by atoms with van der Waals surface area (Å²) in [6.45, 7) is 2.38. The van der Waals surface area contributed by atoms with Crippen molar-refractivity contribution < 1.29 is 9.18 Å². The van der Waals surface area contributed by atoms with Gasteiger partial charge < -0.3 is 10.2 Å². The lowest BCUT2D eigenvalue weighted by Gasteiger charge is -2.33. The van der Waals surface area contributed by atoms with Crippen molar-refractivity contribution in [1.82, 2.24) is 20.1 Å². The molecule has 0 saturated heterocycles. The zero-order chi connectivity index (χ0) is 18.3. The Morgan fingerprint density at radius 1 is 1.50 bits per heavy atom. The number of hydrogen-bond acceptors (Lipinski definition) is 4. The summed E-state index contributed by atoms with van der Waals surface area (Å²) >= 11 is 4.64. The fourth-order valence-corrected chi connectivity index (χ4v) is 4.14. The third kappa shape index (κ3) is 3.01. The Labute approximate surface area is 161 Å². The molecule has 6 nitrogen and oxygen atoms in total. The van der Waals surface area contributed by atoms with Crippen LogP contribution in [0.3, 0.4) is 0 Å². The van der Waals surface area contributed by atoms with Gasteiger partial charge in [0.2, 0.25) is 0 Å². The van der Waals surface area contributed by atoms with Crippen LogP contribution in [0.15, 0.2) is 34.4 Å². The molecular formula is C17H15BrFN5OS.